The van der Waals surface area contributed by atoms with E-state index in [2.05, 4.69) is 0 Å². The van der Waals surface area contributed by atoms with Crippen molar-refractivity contribution in [1.82, 2.24) is 0 Å². The van der Waals surface area contributed by atoms with Gasteiger partial charge in [-0.05, 0) is 12.8 Å². The lowest BCUT2D eigenvalue weighted by Crippen LogP contribution is -1.93. The van der Waals surface area contributed by atoms with Gasteiger partial charge in [-0.25, -0.2) is 0 Å². The van der Waals surface area contributed by atoms with Gasteiger partial charge < -0.3 is 5.11 Å². The van der Waals surface area contributed by atoms with Gasteiger partial charge in [0.1, 0.15) is 0 Å². The molecule has 0 amide bonds. The van der Waals surface area contributed by atoms with Crippen molar-refractivity contribution in [1.29, 1.82) is 0 Å². The van der Waals surface area contributed by atoms with Gasteiger partial charge in [0.05, 0.1) is 0 Å². The molecule has 0 fully saturated rings. The number of hydrogen-bond donors (Lipinski definition) is 1. The maximum absolute atomic E-state index is 10.0. The van der Waals surface area contributed by atoms with Gasteiger partial charge in [-0.3, -0.25) is 9.59 Å². The molecule has 0 aromatic carbocycles. The molecule has 3 heteroatoms. The minimum atomic E-state index is -0.744. The highest BCUT2D eigenvalue weighted by atomic mass is 16.4. The number of hydrogen-bond acceptors (Lipinski definition) is 2. The average Bonchev–Trinajstić information content (AvgIpc) is 1.96. The van der Waals surface area contributed by atoms with Crippen molar-refractivity contribution in [2.24, 2.45) is 0 Å². The van der Waals surface area contributed by atoms with Gasteiger partial charge in [-0.15, -0.1) is 0 Å². The van der Waals surface area contributed by atoms with E-state index >= 15 is 0 Å². The van der Waals surface area contributed by atoms with Crippen LogP contribution < -0.4 is 0 Å². The lowest BCUT2D eigenvalue weighted by atomic mass is 10.1. The van der Waals surface area contributed by atoms with Gasteiger partial charge in [-0.2, -0.15) is 0 Å². The number of carboxylic acid groups (broad SMARTS) is 1. The summed E-state index contributed by atoms with van der Waals surface area (Å²) in [6.07, 6.45) is 5.90. The van der Waals surface area contributed by atoms with Crippen LogP contribution in [0.25, 0.3) is 0 Å². The number of carbonyl (C=O) groups is 1. The number of carbonyl (C=O) groups excluding carboxylic acids is 1. The highest BCUT2D eigenvalue weighted by Gasteiger charge is 1.95. The fourth-order valence-corrected chi connectivity index (χ4v) is 0.827. The summed E-state index contributed by atoms with van der Waals surface area (Å²) in [4.78, 5) is 19.8. The van der Waals surface area contributed by atoms with Crippen molar-refractivity contribution < 1.29 is 14.7 Å². The molecule has 0 spiro atoms. The SMILES string of the molecule is O=[C]CCCCCCC(=O)O. The summed E-state index contributed by atoms with van der Waals surface area (Å²) in [5.41, 5.74) is 0. The molecule has 0 saturated carbocycles. The van der Waals surface area contributed by atoms with Crippen molar-refractivity contribution in [2.75, 3.05) is 0 Å². The van der Waals surface area contributed by atoms with Crippen LogP contribution in [0, 0.1) is 0 Å². The molecule has 0 aliphatic heterocycles. The predicted octanol–water partition coefficient (Wildman–Crippen LogP) is 1.52. The third-order valence-corrected chi connectivity index (χ3v) is 1.42. The van der Waals surface area contributed by atoms with E-state index in [1.165, 1.54) is 0 Å². The molecule has 0 aliphatic rings. The van der Waals surface area contributed by atoms with Crippen LogP contribution in [0.2, 0.25) is 0 Å². The minimum absolute atomic E-state index is 0.241. The van der Waals surface area contributed by atoms with Crippen molar-refractivity contribution in [2.45, 2.75) is 38.5 Å². The second-order valence-corrected chi connectivity index (χ2v) is 2.45. The van der Waals surface area contributed by atoms with E-state index in [1.54, 1.807) is 6.29 Å². The summed E-state index contributed by atoms with van der Waals surface area (Å²) in [7, 11) is 0. The van der Waals surface area contributed by atoms with Crippen molar-refractivity contribution in [3.05, 3.63) is 0 Å². The third kappa shape index (κ3) is 9.14. The van der Waals surface area contributed by atoms with Gasteiger partial charge in [0.2, 0.25) is 0 Å². The van der Waals surface area contributed by atoms with Crippen molar-refractivity contribution in [3.8, 4) is 0 Å². The first-order valence-corrected chi connectivity index (χ1v) is 3.84. The summed E-state index contributed by atoms with van der Waals surface area (Å²) in [5.74, 6) is -0.744. The molecule has 0 aromatic rings. The van der Waals surface area contributed by atoms with Crippen LogP contribution in [0.1, 0.15) is 38.5 Å². The van der Waals surface area contributed by atoms with E-state index < -0.39 is 5.97 Å². The van der Waals surface area contributed by atoms with Crippen molar-refractivity contribution >= 4 is 12.3 Å². The van der Waals surface area contributed by atoms with Gasteiger partial charge in [-0.1, -0.05) is 12.8 Å². The lowest BCUT2D eigenvalue weighted by Gasteiger charge is -1.94. The normalized spacial score (nSPS) is 9.45. The molecule has 11 heavy (non-hydrogen) atoms. The first kappa shape index (κ1) is 10.1. The summed E-state index contributed by atoms with van der Waals surface area (Å²) < 4.78 is 0. The molecular weight excluding hydrogens is 144 g/mol. The smallest absolute Gasteiger partial charge is 0.303 e. The second-order valence-electron chi connectivity index (χ2n) is 2.45. The largest absolute Gasteiger partial charge is 0.481 e. The number of rotatable bonds is 7. The topological polar surface area (TPSA) is 54.4 Å². The summed E-state index contributed by atoms with van der Waals surface area (Å²) >= 11 is 0. The highest BCUT2D eigenvalue weighted by molar-refractivity contribution is 5.66. The Kier molecular flexibility index (Phi) is 6.68. The molecule has 1 radical (unpaired) electrons. The van der Waals surface area contributed by atoms with Crippen LogP contribution in [-0.2, 0) is 9.59 Å². The lowest BCUT2D eigenvalue weighted by molar-refractivity contribution is -0.137. The van der Waals surface area contributed by atoms with E-state index in [4.69, 9.17) is 5.11 Å². The van der Waals surface area contributed by atoms with Gasteiger partial charge >= 0.3 is 5.97 Å². The molecule has 0 aromatic heterocycles. The Morgan fingerprint density at radius 1 is 1.18 bits per heavy atom. The van der Waals surface area contributed by atoms with Crippen LogP contribution >= 0.6 is 0 Å². The Hall–Kier alpha value is -0.860. The zero-order valence-corrected chi connectivity index (χ0v) is 6.51. The Bertz CT molecular complexity index is 121. The molecule has 1 N–H and O–H groups in total. The van der Waals surface area contributed by atoms with E-state index in [-0.39, 0.29) is 6.42 Å². The summed E-state index contributed by atoms with van der Waals surface area (Å²) in [6.45, 7) is 0. The Labute approximate surface area is 66.4 Å². The van der Waals surface area contributed by atoms with E-state index in [9.17, 15) is 9.59 Å². The molecule has 0 rings (SSSR count). The Balaban J connectivity index is 2.90. The summed E-state index contributed by atoms with van der Waals surface area (Å²) in [6, 6.07) is 0. The van der Waals surface area contributed by atoms with Crippen LogP contribution in [0.5, 0.6) is 0 Å². The molecule has 3 nitrogen and oxygen atoms in total. The molecule has 0 bridgehead atoms. The third-order valence-electron chi connectivity index (χ3n) is 1.42. The van der Waals surface area contributed by atoms with Crippen LogP contribution in [-0.4, -0.2) is 17.4 Å². The maximum Gasteiger partial charge on any atom is 0.303 e. The zero-order valence-electron chi connectivity index (χ0n) is 6.51. The summed E-state index contributed by atoms with van der Waals surface area (Å²) in [5, 5.41) is 8.25. The Morgan fingerprint density at radius 2 is 1.82 bits per heavy atom. The monoisotopic (exact) mass is 157 g/mol. The zero-order chi connectivity index (χ0) is 8.53. The van der Waals surface area contributed by atoms with Gasteiger partial charge in [0.25, 0.3) is 0 Å². The first-order chi connectivity index (χ1) is 5.27. The molecule has 0 unspecified atom stereocenters. The van der Waals surface area contributed by atoms with Crippen molar-refractivity contribution in [3.63, 3.8) is 0 Å². The fraction of sp³-hybridized carbons (Fsp3) is 0.750. The van der Waals surface area contributed by atoms with Crippen LogP contribution in [0.15, 0.2) is 0 Å². The second kappa shape index (κ2) is 7.25. The average molecular weight is 157 g/mol. The molecular formula is C8H13O3. The molecule has 0 saturated heterocycles. The van der Waals surface area contributed by atoms with Gasteiger partial charge in [0, 0.05) is 12.8 Å². The highest BCUT2D eigenvalue weighted by Crippen LogP contribution is 2.03. The number of carboxylic acids is 1. The van der Waals surface area contributed by atoms with E-state index in [1.807, 2.05) is 0 Å². The first-order valence-electron chi connectivity index (χ1n) is 3.84. The quantitative estimate of drug-likeness (QED) is 0.570. The fourth-order valence-electron chi connectivity index (χ4n) is 0.827. The van der Waals surface area contributed by atoms with Crippen LogP contribution in [0.3, 0.4) is 0 Å². The molecule has 0 heterocycles. The maximum atomic E-state index is 10.0. The molecule has 0 aliphatic carbocycles. The molecule has 63 valence electrons. The van der Waals surface area contributed by atoms with Crippen LogP contribution in [0.4, 0.5) is 0 Å². The number of aliphatic carboxylic acids is 1. The standard InChI is InChI=1S/C8H13O3/c9-7-5-3-1-2-4-6-8(10)11/h1-6H2,(H,10,11). The predicted molar refractivity (Wildman–Crippen MR) is 41.0 cm³/mol. The van der Waals surface area contributed by atoms with E-state index in [0.717, 1.165) is 19.3 Å². The molecule has 0 atom stereocenters. The number of unbranched alkanes of at least 4 members (excludes halogenated alkanes) is 4. The van der Waals surface area contributed by atoms with Gasteiger partial charge in [0.15, 0.2) is 6.29 Å². The minimum Gasteiger partial charge on any atom is -0.481 e. The Morgan fingerprint density at radius 3 is 2.36 bits per heavy atom. The van der Waals surface area contributed by atoms with E-state index in [0.29, 0.717) is 12.8 Å².